The van der Waals surface area contributed by atoms with Crippen molar-refractivity contribution >= 4 is 38.9 Å². The van der Waals surface area contributed by atoms with Crippen LogP contribution in [-0.2, 0) is 11.0 Å². The molecule has 64 heavy (non-hydrogen) atoms. The van der Waals surface area contributed by atoms with E-state index in [2.05, 4.69) is 252 Å². The minimum atomic E-state index is -0.644. The van der Waals surface area contributed by atoms with Crippen LogP contribution in [0.2, 0.25) is 0 Å². The first-order chi connectivity index (χ1) is 31.8. The van der Waals surface area contributed by atoms with Crippen molar-refractivity contribution in [2.75, 3.05) is 4.90 Å². The van der Waals surface area contributed by atoms with Crippen LogP contribution in [0.4, 0.5) is 17.1 Å². The number of hydrogen-bond donors (Lipinski definition) is 0. The molecule has 0 radical (unpaired) electrons. The van der Waals surface area contributed by atoms with Crippen LogP contribution in [0.15, 0.2) is 243 Å². The van der Waals surface area contributed by atoms with Crippen LogP contribution in [0.5, 0.6) is 0 Å². The van der Waals surface area contributed by atoms with Crippen molar-refractivity contribution in [3.63, 3.8) is 0 Å². The van der Waals surface area contributed by atoms with Crippen LogP contribution in [0, 0.1) is 0 Å². The molecular formula is C62H40N2. The highest BCUT2D eigenvalue weighted by Gasteiger charge is 2.52. The van der Waals surface area contributed by atoms with Crippen LogP contribution in [0.1, 0.15) is 38.9 Å². The SMILES string of the molecule is c1ccc(N(c2ccc3c4ccccc4n(C4(c5ccccc5)c5ccccc5-c5ccccc54)c3c2)c2cccc3c2-c2ccccc2C32c3ccccc3-c3ccccc32)cc1. The molecule has 1 heterocycles. The molecule has 2 nitrogen and oxygen atoms in total. The minimum absolute atomic E-state index is 0.445. The van der Waals surface area contributed by atoms with Gasteiger partial charge in [0.1, 0.15) is 5.54 Å². The second kappa shape index (κ2) is 13.2. The Kier molecular flexibility index (Phi) is 7.28. The summed E-state index contributed by atoms with van der Waals surface area (Å²) in [5, 5.41) is 2.47. The molecule has 0 aliphatic heterocycles. The van der Waals surface area contributed by atoms with Crippen LogP contribution in [0.3, 0.4) is 0 Å². The topological polar surface area (TPSA) is 8.17 Å². The van der Waals surface area contributed by atoms with Gasteiger partial charge in [-0.2, -0.15) is 0 Å². The lowest BCUT2D eigenvalue weighted by Gasteiger charge is -2.37. The Balaban J connectivity index is 1.09. The van der Waals surface area contributed by atoms with Crippen molar-refractivity contribution in [2.45, 2.75) is 11.0 Å². The molecule has 3 aliphatic carbocycles. The van der Waals surface area contributed by atoms with Crippen molar-refractivity contribution in [2.24, 2.45) is 0 Å². The standard InChI is InChI=1S/C62H40N2/c1-3-20-41(21-4-1)62(54-33-16-9-26-46(54)47-27-10-17-34-55(47)62)64-57-36-18-12-28-48(57)49-39-38-43(40-59(49)64)63(42-22-5-2-6-23-42)58-37-19-35-56-60(58)50-29-11-15-32-53(50)61(56)51-30-13-7-24-44(51)45-25-8-14-31-52(45)61/h1-40H. The molecule has 3 aliphatic rings. The summed E-state index contributed by atoms with van der Waals surface area (Å²) in [6.07, 6.45) is 0. The van der Waals surface area contributed by atoms with Gasteiger partial charge in [-0.3, -0.25) is 0 Å². The third-order valence-corrected chi connectivity index (χ3v) is 14.6. The largest absolute Gasteiger partial charge is 0.322 e. The van der Waals surface area contributed by atoms with Gasteiger partial charge < -0.3 is 9.47 Å². The first-order valence-corrected chi connectivity index (χ1v) is 22.4. The third kappa shape index (κ3) is 4.39. The Labute approximate surface area is 372 Å². The van der Waals surface area contributed by atoms with Crippen molar-refractivity contribution < 1.29 is 0 Å². The highest BCUT2D eigenvalue weighted by Crippen LogP contribution is 2.65. The fraction of sp³-hybridized carbons (Fsp3) is 0.0323. The molecule has 0 unspecified atom stereocenters. The van der Waals surface area contributed by atoms with Gasteiger partial charge in [0.2, 0.25) is 0 Å². The number of benzene rings is 10. The van der Waals surface area contributed by atoms with Gasteiger partial charge in [0.25, 0.3) is 0 Å². The van der Waals surface area contributed by atoms with E-state index in [0.29, 0.717) is 0 Å². The van der Waals surface area contributed by atoms with Gasteiger partial charge >= 0.3 is 0 Å². The maximum atomic E-state index is 2.66. The van der Waals surface area contributed by atoms with Gasteiger partial charge in [0.15, 0.2) is 0 Å². The quantitative estimate of drug-likeness (QED) is 0.168. The van der Waals surface area contributed by atoms with Gasteiger partial charge in [0, 0.05) is 27.7 Å². The third-order valence-electron chi connectivity index (χ3n) is 14.6. The summed E-state index contributed by atoms with van der Waals surface area (Å²) in [5.41, 5.74) is 21.5. The number of rotatable bonds is 5. The van der Waals surface area contributed by atoms with Crippen molar-refractivity contribution in [1.29, 1.82) is 0 Å². The summed E-state index contributed by atoms with van der Waals surface area (Å²) < 4.78 is 2.66. The molecule has 14 rings (SSSR count). The fourth-order valence-corrected chi connectivity index (χ4v) is 12.3. The first-order valence-electron chi connectivity index (χ1n) is 22.4. The molecule has 11 aromatic rings. The Morgan fingerprint density at radius 3 is 1.42 bits per heavy atom. The van der Waals surface area contributed by atoms with Gasteiger partial charge in [-0.1, -0.05) is 206 Å². The van der Waals surface area contributed by atoms with Gasteiger partial charge in [-0.25, -0.2) is 0 Å². The zero-order valence-corrected chi connectivity index (χ0v) is 35.0. The maximum absolute atomic E-state index is 2.66. The molecule has 1 spiro atoms. The molecule has 1 aromatic heterocycles. The van der Waals surface area contributed by atoms with Crippen LogP contribution >= 0.6 is 0 Å². The Bertz CT molecular complexity index is 3600. The summed E-state index contributed by atoms with van der Waals surface area (Å²) in [5.74, 6) is 0. The van der Waals surface area contributed by atoms with Gasteiger partial charge in [0.05, 0.1) is 22.1 Å². The second-order valence-electron chi connectivity index (χ2n) is 17.5. The monoisotopic (exact) mass is 812 g/mol. The zero-order valence-electron chi connectivity index (χ0n) is 35.0. The molecule has 0 N–H and O–H groups in total. The molecule has 0 saturated heterocycles. The molecule has 10 aromatic carbocycles. The number of nitrogens with zero attached hydrogens (tertiary/aromatic N) is 2. The van der Waals surface area contributed by atoms with E-state index in [9.17, 15) is 0 Å². The minimum Gasteiger partial charge on any atom is -0.322 e. The Morgan fingerprint density at radius 2 is 0.781 bits per heavy atom. The molecule has 0 bridgehead atoms. The normalized spacial score (nSPS) is 14.2. The predicted octanol–water partition coefficient (Wildman–Crippen LogP) is 15.4. The van der Waals surface area contributed by atoms with Gasteiger partial charge in [-0.05, 0) is 103 Å². The van der Waals surface area contributed by atoms with Gasteiger partial charge in [-0.15, -0.1) is 0 Å². The molecule has 298 valence electrons. The second-order valence-corrected chi connectivity index (χ2v) is 17.5. The lowest BCUT2D eigenvalue weighted by atomic mass is 9.70. The molecular weight excluding hydrogens is 773 g/mol. The molecule has 2 heteroatoms. The van der Waals surface area contributed by atoms with Crippen LogP contribution < -0.4 is 4.90 Å². The Hall–Kier alpha value is -8.20. The Morgan fingerprint density at radius 1 is 0.312 bits per heavy atom. The summed E-state index contributed by atoms with van der Waals surface area (Å²) in [6.45, 7) is 0. The van der Waals surface area contributed by atoms with E-state index in [1.54, 1.807) is 0 Å². The van der Waals surface area contributed by atoms with Crippen LogP contribution in [0.25, 0.3) is 55.2 Å². The molecule has 0 saturated carbocycles. The number of fused-ring (bicyclic) bond motifs is 16. The molecule has 0 fully saturated rings. The number of aromatic nitrogens is 1. The lowest BCUT2D eigenvalue weighted by Crippen LogP contribution is -2.35. The molecule has 0 atom stereocenters. The zero-order chi connectivity index (χ0) is 42.0. The van der Waals surface area contributed by atoms with E-state index in [4.69, 9.17) is 0 Å². The average molecular weight is 813 g/mol. The first kappa shape index (κ1) is 35.4. The summed E-state index contributed by atoms with van der Waals surface area (Å²) >= 11 is 0. The van der Waals surface area contributed by atoms with E-state index in [0.717, 1.165) is 17.1 Å². The number of hydrogen-bond acceptors (Lipinski definition) is 1. The fourth-order valence-electron chi connectivity index (χ4n) is 12.3. The van der Waals surface area contributed by atoms with E-state index in [1.807, 2.05) is 0 Å². The molecule has 0 amide bonds. The smallest absolute Gasteiger partial charge is 0.122 e. The van der Waals surface area contributed by atoms with Crippen molar-refractivity contribution in [1.82, 2.24) is 4.57 Å². The lowest BCUT2D eigenvalue weighted by molar-refractivity contribution is 0.564. The van der Waals surface area contributed by atoms with E-state index >= 15 is 0 Å². The van der Waals surface area contributed by atoms with E-state index < -0.39 is 11.0 Å². The highest BCUT2D eigenvalue weighted by molar-refractivity contribution is 6.11. The highest BCUT2D eigenvalue weighted by atomic mass is 15.2. The van der Waals surface area contributed by atoms with E-state index in [1.165, 1.54) is 94.1 Å². The van der Waals surface area contributed by atoms with E-state index in [-0.39, 0.29) is 0 Å². The summed E-state index contributed by atoms with van der Waals surface area (Å²) in [6, 6.07) is 90.7. The van der Waals surface area contributed by atoms with Crippen LogP contribution in [-0.4, -0.2) is 4.57 Å². The number of anilines is 3. The van der Waals surface area contributed by atoms with Crippen molar-refractivity contribution in [3.8, 4) is 33.4 Å². The average Bonchev–Trinajstić information content (AvgIpc) is 4.06. The summed E-state index contributed by atoms with van der Waals surface area (Å²) in [4.78, 5) is 2.51. The predicted molar refractivity (Wildman–Crippen MR) is 264 cm³/mol. The maximum Gasteiger partial charge on any atom is 0.122 e. The van der Waals surface area contributed by atoms with Crippen molar-refractivity contribution in [3.05, 3.63) is 282 Å². The number of para-hydroxylation sites is 2. The summed E-state index contributed by atoms with van der Waals surface area (Å²) in [7, 11) is 0.